The number of carbonyl (C=O) groups is 2. The molecule has 0 radical (unpaired) electrons. The summed E-state index contributed by atoms with van der Waals surface area (Å²) in [5.74, 6) is 0. The Hall–Kier alpha value is -1.95. The highest BCUT2D eigenvalue weighted by Gasteiger charge is 2.04. The molecular formula is C9H11ClN2O4. The second kappa shape index (κ2) is 5.82. The zero-order valence-corrected chi connectivity index (χ0v) is 9.17. The van der Waals surface area contributed by atoms with E-state index in [1.165, 1.54) is 6.07 Å². The van der Waals surface area contributed by atoms with E-state index in [-0.39, 0.29) is 12.4 Å². The van der Waals surface area contributed by atoms with Gasteiger partial charge in [-0.25, -0.2) is 9.59 Å². The fraction of sp³-hybridized carbons (Fsp3) is 0.111. The van der Waals surface area contributed by atoms with E-state index < -0.39 is 12.2 Å². The number of rotatable bonds is 2. The molecule has 2 amide bonds. The molecule has 0 unspecified atom stereocenters. The van der Waals surface area contributed by atoms with Crippen molar-refractivity contribution in [1.29, 1.82) is 0 Å². The van der Waals surface area contributed by atoms with Crippen molar-refractivity contribution < 1.29 is 19.8 Å². The minimum absolute atomic E-state index is 0. The van der Waals surface area contributed by atoms with Crippen LogP contribution in [0.4, 0.5) is 21.0 Å². The summed E-state index contributed by atoms with van der Waals surface area (Å²) in [6.45, 7) is 1.72. The van der Waals surface area contributed by atoms with Gasteiger partial charge in [-0.05, 0) is 24.6 Å². The van der Waals surface area contributed by atoms with Crippen LogP contribution >= 0.6 is 12.4 Å². The van der Waals surface area contributed by atoms with E-state index in [0.29, 0.717) is 16.9 Å². The fourth-order valence-electron chi connectivity index (χ4n) is 1.07. The van der Waals surface area contributed by atoms with Gasteiger partial charge in [0.15, 0.2) is 0 Å². The third-order valence-corrected chi connectivity index (χ3v) is 1.73. The Bertz CT molecular complexity index is 408. The first kappa shape index (κ1) is 14.1. The third kappa shape index (κ3) is 4.05. The third-order valence-electron chi connectivity index (χ3n) is 1.73. The molecule has 0 aliphatic heterocycles. The Morgan fingerprint density at radius 2 is 1.69 bits per heavy atom. The van der Waals surface area contributed by atoms with E-state index in [2.05, 4.69) is 10.6 Å². The molecule has 88 valence electrons. The predicted molar refractivity (Wildman–Crippen MR) is 61.7 cm³/mol. The topological polar surface area (TPSA) is 98.7 Å². The number of anilines is 2. The second-order valence-electron chi connectivity index (χ2n) is 2.89. The first-order chi connectivity index (χ1) is 6.99. The van der Waals surface area contributed by atoms with Gasteiger partial charge in [-0.3, -0.25) is 10.6 Å². The highest BCUT2D eigenvalue weighted by Crippen LogP contribution is 2.20. The average molecular weight is 247 g/mol. The molecule has 7 heteroatoms. The molecular weight excluding hydrogens is 236 g/mol. The smallest absolute Gasteiger partial charge is 0.409 e. The molecule has 0 aromatic heterocycles. The normalized spacial score (nSPS) is 8.81. The lowest BCUT2D eigenvalue weighted by molar-refractivity contribution is 0.208. The van der Waals surface area contributed by atoms with Crippen LogP contribution in [0.15, 0.2) is 18.2 Å². The summed E-state index contributed by atoms with van der Waals surface area (Å²) in [6.07, 6.45) is -2.38. The number of carboxylic acid groups (broad SMARTS) is 2. The lowest BCUT2D eigenvalue weighted by Gasteiger charge is -2.07. The van der Waals surface area contributed by atoms with Gasteiger partial charge in [0, 0.05) is 11.4 Å². The van der Waals surface area contributed by atoms with E-state index >= 15 is 0 Å². The SMILES string of the molecule is Cc1ccc(NC(=O)O)cc1NC(=O)O.Cl. The average Bonchev–Trinajstić information content (AvgIpc) is 2.09. The van der Waals surface area contributed by atoms with Crippen LogP contribution in [0.3, 0.4) is 0 Å². The number of amides is 2. The molecule has 1 aromatic rings. The van der Waals surface area contributed by atoms with Gasteiger partial charge in [-0.1, -0.05) is 6.07 Å². The molecule has 0 heterocycles. The lowest BCUT2D eigenvalue weighted by atomic mass is 10.2. The van der Waals surface area contributed by atoms with Gasteiger partial charge >= 0.3 is 12.2 Å². The van der Waals surface area contributed by atoms with Gasteiger partial charge in [-0.15, -0.1) is 12.4 Å². The molecule has 0 bridgehead atoms. The molecule has 6 nitrogen and oxygen atoms in total. The largest absolute Gasteiger partial charge is 0.465 e. The first-order valence-corrected chi connectivity index (χ1v) is 4.09. The summed E-state index contributed by atoms with van der Waals surface area (Å²) < 4.78 is 0. The molecule has 0 saturated heterocycles. The molecule has 1 rings (SSSR count). The first-order valence-electron chi connectivity index (χ1n) is 4.09. The highest BCUT2D eigenvalue weighted by molar-refractivity contribution is 5.88. The molecule has 0 aliphatic rings. The Morgan fingerprint density at radius 3 is 2.19 bits per heavy atom. The molecule has 0 aliphatic carbocycles. The van der Waals surface area contributed by atoms with Crippen LogP contribution in [-0.4, -0.2) is 22.4 Å². The van der Waals surface area contributed by atoms with Crippen LogP contribution in [0.1, 0.15) is 5.56 Å². The van der Waals surface area contributed by atoms with Crippen LogP contribution in [0.2, 0.25) is 0 Å². The zero-order chi connectivity index (χ0) is 11.4. The molecule has 16 heavy (non-hydrogen) atoms. The van der Waals surface area contributed by atoms with Gasteiger partial charge in [0.1, 0.15) is 0 Å². The van der Waals surface area contributed by atoms with Crippen molar-refractivity contribution in [3.05, 3.63) is 23.8 Å². The summed E-state index contributed by atoms with van der Waals surface area (Å²) in [5.41, 5.74) is 1.39. The molecule has 0 atom stereocenters. The molecule has 4 N–H and O–H groups in total. The Kier molecular flexibility index (Phi) is 5.11. The van der Waals surface area contributed by atoms with Gasteiger partial charge in [0.05, 0.1) is 0 Å². The molecule has 0 spiro atoms. The van der Waals surface area contributed by atoms with E-state index in [4.69, 9.17) is 10.2 Å². The van der Waals surface area contributed by atoms with Crippen LogP contribution < -0.4 is 10.6 Å². The van der Waals surface area contributed by atoms with Crippen molar-refractivity contribution in [2.24, 2.45) is 0 Å². The zero-order valence-electron chi connectivity index (χ0n) is 8.35. The Labute approximate surface area is 97.7 Å². The number of nitrogens with one attached hydrogen (secondary N) is 2. The number of hydrogen-bond acceptors (Lipinski definition) is 2. The fourth-order valence-corrected chi connectivity index (χ4v) is 1.07. The maximum Gasteiger partial charge on any atom is 0.409 e. The van der Waals surface area contributed by atoms with E-state index in [1.807, 2.05) is 0 Å². The summed E-state index contributed by atoms with van der Waals surface area (Å²) >= 11 is 0. The molecule has 0 fully saturated rings. The summed E-state index contributed by atoms with van der Waals surface area (Å²) in [5, 5.41) is 21.3. The Morgan fingerprint density at radius 1 is 1.12 bits per heavy atom. The predicted octanol–water partition coefficient (Wildman–Crippen LogP) is 2.60. The highest BCUT2D eigenvalue weighted by atomic mass is 35.5. The van der Waals surface area contributed by atoms with Gasteiger partial charge in [-0.2, -0.15) is 0 Å². The minimum atomic E-state index is -1.19. The van der Waals surface area contributed by atoms with E-state index in [9.17, 15) is 9.59 Å². The van der Waals surface area contributed by atoms with Crippen LogP contribution in [0.5, 0.6) is 0 Å². The summed E-state index contributed by atoms with van der Waals surface area (Å²) in [4.78, 5) is 20.7. The maximum atomic E-state index is 10.4. The van der Waals surface area contributed by atoms with Crippen LogP contribution in [0.25, 0.3) is 0 Å². The second-order valence-corrected chi connectivity index (χ2v) is 2.89. The summed E-state index contributed by atoms with van der Waals surface area (Å²) in [6, 6.07) is 4.59. The van der Waals surface area contributed by atoms with Crippen molar-refractivity contribution in [3.8, 4) is 0 Å². The van der Waals surface area contributed by atoms with Crippen molar-refractivity contribution in [2.75, 3.05) is 10.6 Å². The molecule has 0 saturated carbocycles. The summed E-state index contributed by atoms with van der Waals surface area (Å²) in [7, 11) is 0. The van der Waals surface area contributed by atoms with E-state index in [0.717, 1.165) is 0 Å². The van der Waals surface area contributed by atoms with Crippen molar-refractivity contribution >= 4 is 36.0 Å². The van der Waals surface area contributed by atoms with Crippen LogP contribution in [-0.2, 0) is 0 Å². The number of halogens is 1. The Balaban J connectivity index is 0.00000225. The molecule has 1 aromatic carbocycles. The number of aryl methyl sites for hydroxylation is 1. The standard InChI is InChI=1S/C9H10N2O4.ClH/c1-5-2-3-6(10-8(12)13)4-7(5)11-9(14)15;/h2-4,10-11H,1H3,(H,12,13)(H,14,15);1H. The quantitative estimate of drug-likeness (QED) is 0.645. The minimum Gasteiger partial charge on any atom is -0.465 e. The van der Waals surface area contributed by atoms with Gasteiger partial charge in [0.25, 0.3) is 0 Å². The van der Waals surface area contributed by atoms with Gasteiger partial charge in [0.2, 0.25) is 0 Å². The number of hydrogen-bond donors (Lipinski definition) is 4. The monoisotopic (exact) mass is 246 g/mol. The van der Waals surface area contributed by atoms with Gasteiger partial charge < -0.3 is 10.2 Å². The number of benzene rings is 1. The van der Waals surface area contributed by atoms with E-state index in [1.54, 1.807) is 19.1 Å². The maximum absolute atomic E-state index is 10.4. The van der Waals surface area contributed by atoms with Crippen molar-refractivity contribution in [1.82, 2.24) is 0 Å². The van der Waals surface area contributed by atoms with Crippen molar-refractivity contribution in [2.45, 2.75) is 6.92 Å². The van der Waals surface area contributed by atoms with Crippen molar-refractivity contribution in [3.63, 3.8) is 0 Å². The lowest BCUT2D eigenvalue weighted by Crippen LogP contribution is -2.11. The van der Waals surface area contributed by atoms with Crippen LogP contribution in [0, 0.1) is 6.92 Å².